The Morgan fingerprint density at radius 2 is 1.54 bits per heavy atom. The minimum absolute atomic E-state index is 0.431. The lowest BCUT2D eigenvalue weighted by atomic mass is 9.47. The van der Waals surface area contributed by atoms with Crippen LogP contribution in [0.2, 0.25) is 0 Å². The maximum absolute atomic E-state index is 9.90. The summed E-state index contributed by atoms with van der Waals surface area (Å²) in [7, 11) is 0. The van der Waals surface area contributed by atoms with Gasteiger partial charge in [0.2, 0.25) is 0 Å². The second-order valence-electron chi connectivity index (χ2n) is 11.9. The van der Waals surface area contributed by atoms with Crippen molar-refractivity contribution in [1.82, 2.24) is 0 Å². The lowest BCUT2D eigenvalue weighted by Gasteiger charge is -2.58. The third-order valence-electron chi connectivity index (χ3n) is 10.9. The molecule has 0 spiro atoms. The summed E-state index contributed by atoms with van der Waals surface area (Å²) in [6.45, 7) is 12.9. The summed E-state index contributed by atoms with van der Waals surface area (Å²) in [6.07, 6.45) is 17.7. The Bertz CT molecular complexity index is 581. The topological polar surface area (TPSA) is 20.2 Å². The number of rotatable bonds is 5. The largest absolute Gasteiger partial charge is 0.396 e. The zero-order valence-corrected chi connectivity index (χ0v) is 19.3. The number of hydrogen-bond acceptors (Lipinski definition) is 1. The molecule has 0 unspecified atom stereocenters. The number of hydrogen-bond donors (Lipinski definition) is 1. The van der Waals surface area contributed by atoms with E-state index >= 15 is 0 Å². The molecule has 0 saturated heterocycles. The molecule has 0 amide bonds. The Morgan fingerprint density at radius 1 is 0.857 bits per heavy atom. The summed E-state index contributed by atoms with van der Waals surface area (Å²) >= 11 is 0. The van der Waals surface area contributed by atoms with Crippen LogP contribution in [0.4, 0.5) is 0 Å². The first-order chi connectivity index (χ1) is 13.3. The van der Waals surface area contributed by atoms with Gasteiger partial charge in [-0.15, -0.1) is 0 Å². The highest BCUT2D eigenvalue weighted by Crippen LogP contribution is 2.69. The maximum Gasteiger partial charge on any atom is 0.0462 e. The van der Waals surface area contributed by atoms with Crippen molar-refractivity contribution in [2.24, 2.45) is 58.2 Å². The lowest BCUT2D eigenvalue weighted by molar-refractivity contribution is -0.0956. The van der Waals surface area contributed by atoms with E-state index in [0.717, 1.165) is 41.4 Å². The number of aliphatic hydroxyl groups is 1. The van der Waals surface area contributed by atoms with Gasteiger partial charge in [-0.1, -0.05) is 53.2 Å². The first kappa shape index (κ1) is 21.0. The highest BCUT2D eigenvalue weighted by molar-refractivity contribution is 5.12. The van der Waals surface area contributed by atoms with Gasteiger partial charge in [0, 0.05) is 6.61 Å². The fourth-order valence-corrected chi connectivity index (χ4v) is 9.09. The highest BCUT2D eigenvalue weighted by atomic mass is 16.3. The third kappa shape index (κ3) is 3.14. The first-order valence-corrected chi connectivity index (χ1v) is 12.6. The van der Waals surface area contributed by atoms with Gasteiger partial charge >= 0.3 is 0 Å². The van der Waals surface area contributed by atoms with Gasteiger partial charge in [-0.3, -0.25) is 0 Å². The molecule has 160 valence electrons. The molecule has 1 heteroatoms. The molecule has 4 rings (SSSR count). The predicted octanol–water partition coefficient (Wildman–Crippen LogP) is 7.10. The van der Waals surface area contributed by atoms with E-state index in [1.54, 1.807) is 0 Å². The van der Waals surface area contributed by atoms with E-state index in [1.165, 1.54) is 57.8 Å². The minimum atomic E-state index is 0.431. The van der Waals surface area contributed by atoms with E-state index in [2.05, 4.69) is 46.8 Å². The van der Waals surface area contributed by atoms with Crippen molar-refractivity contribution in [1.29, 1.82) is 0 Å². The van der Waals surface area contributed by atoms with Crippen molar-refractivity contribution in [3.8, 4) is 0 Å². The van der Waals surface area contributed by atoms with E-state index in [1.807, 2.05) is 0 Å². The third-order valence-corrected chi connectivity index (χ3v) is 10.9. The standard InChI is InChI=1S/C27H46O/c1-6-18(2)7-8-19(3)22-11-12-24-21-9-10-23-20(17-28)13-15-27(23,5)25(21)14-16-26(22,24)4/h7-8,18-25,28H,6,9-17H2,1-5H3/b8-7+/t18-,19+,20+,21-,22+,23-,24-,25-,26+,27-/m0/s1. The second kappa shape index (κ2) is 7.75. The lowest BCUT2D eigenvalue weighted by Crippen LogP contribution is -2.51. The van der Waals surface area contributed by atoms with Crippen molar-refractivity contribution in [2.45, 2.75) is 92.4 Å². The molecule has 10 atom stereocenters. The van der Waals surface area contributed by atoms with Crippen LogP contribution in [0.5, 0.6) is 0 Å². The van der Waals surface area contributed by atoms with Crippen molar-refractivity contribution >= 4 is 0 Å². The van der Waals surface area contributed by atoms with E-state index in [-0.39, 0.29) is 0 Å². The molecular weight excluding hydrogens is 340 g/mol. The molecule has 4 aliphatic carbocycles. The average molecular weight is 387 g/mol. The molecule has 1 N–H and O–H groups in total. The fraction of sp³-hybridized carbons (Fsp3) is 0.926. The minimum Gasteiger partial charge on any atom is -0.396 e. The van der Waals surface area contributed by atoms with Crippen LogP contribution in [0, 0.1) is 58.2 Å². The molecule has 1 nitrogen and oxygen atoms in total. The summed E-state index contributed by atoms with van der Waals surface area (Å²) in [5.41, 5.74) is 1.09. The van der Waals surface area contributed by atoms with Crippen LogP contribution >= 0.6 is 0 Å². The van der Waals surface area contributed by atoms with E-state index < -0.39 is 0 Å². The van der Waals surface area contributed by atoms with Gasteiger partial charge in [0.1, 0.15) is 0 Å². The molecule has 0 heterocycles. The Morgan fingerprint density at radius 3 is 2.25 bits per heavy atom. The second-order valence-corrected chi connectivity index (χ2v) is 11.9. The van der Waals surface area contributed by atoms with E-state index in [9.17, 15) is 5.11 Å². The Balaban J connectivity index is 1.52. The Labute approximate surface area is 174 Å². The summed E-state index contributed by atoms with van der Waals surface area (Å²) in [4.78, 5) is 0. The van der Waals surface area contributed by atoms with Crippen molar-refractivity contribution in [2.75, 3.05) is 6.61 Å². The summed E-state index contributed by atoms with van der Waals surface area (Å²) < 4.78 is 0. The molecule has 0 aromatic carbocycles. The van der Waals surface area contributed by atoms with Crippen molar-refractivity contribution < 1.29 is 5.11 Å². The smallest absolute Gasteiger partial charge is 0.0462 e. The Kier molecular flexibility index (Phi) is 5.80. The summed E-state index contributed by atoms with van der Waals surface area (Å²) in [6, 6.07) is 0. The maximum atomic E-state index is 9.90. The van der Waals surface area contributed by atoms with Gasteiger partial charge in [0.25, 0.3) is 0 Å². The van der Waals surface area contributed by atoms with Gasteiger partial charge in [-0.05, 0) is 110 Å². The van der Waals surface area contributed by atoms with Crippen molar-refractivity contribution in [3.63, 3.8) is 0 Å². The van der Waals surface area contributed by atoms with Crippen LogP contribution in [0.3, 0.4) is 0 Å². The van der Waals surface area contributed by atoms with E-state index in [0.29, 0.717) is 23.4 Å². The normalized spacial score (nSPS) is 50.2. The van der Waals surface area contributed by atoms with Crippen LogP contribution < -0.4 is 0 Å². The molecule has 0 aliphatic heterocycles. The van der Waals surface area contributed by atoms with Crippen LogP contribution in [-0.4, -0.2) is 11.7 Å². The highest BCUT2D eigenvalue weighted by Gasteiger charge is 2.61. The molecule has 4 saturated carbocycles. The zero-order valence-electron chi connectivity index (χ0n) is 19.3. The molecule has 0 bridgehead atoms. The van der Waals surface area contributed by atoms with Crippen molar-refractivity contribution in [3.05, 3.63) is 12.2 Å². The summed E-state index contributed by atoms with van der Waals surface area (Å²) in [5.74, 6) is 6.61. The SMILES string of the molecule is CC[C@H](C)/C=C/[C@@H](C)[C@H]1CC[C@H]2[C@@H]3CC[C@H]4[C@@H](CO)CC[C@]4(C)[C@H]3CC[C@]12C. The van der Waals surface area contributed by atoms with Gasteiger partial charge in [-0.25, -0.2) is 0 Å². The molecule has 0 aromatic heterocycles. The molecule has 0 aromatic rings. The quantitative estimate of drug-likeness (QED) is 0.499. The zero-order chi connectivity index (χ0) is 20.1. The Hall–Kier alpha value is -0.300. The number of allylic oxidation sites excluding steroid dienone is 2. The molecule has 4 aliphatic rings. The first-order valence-electron chi connectivity index (χ1n) is 12.6. The average Bonchev–Trinajstić information content (AvgIpc) is 3.22. The van der Waals surface area contributed by atoms with Crippen LogP contribution in [-0.2, 0) is 0 Å². The predicted molar refractivity (Wildman–Crippen MR) is 119 cm³/mol. The molecule has 4 fully saturated rings. The van der Waals surface area contributed by atoms with Gasteiger partial charge < -0.3 is 5.11 Å². The molecule has 28 heavy (non-hydrogen) atoms. The fourth-order valence-electron chi connectivity index (χ4n) is 9.09. The number of aliphatic hydroxyl groups excluding tert-OH is 1. The van der Waals surface area contributed by atoms with Gasteiger partial charge in [0.15, 0.2) is 0 Å². The van der Waals surface area contributed by atoms with Gasteiger partial charge in [-0.2, -0.15) is 0 Å². The monoisotopic (exact) mass is 386 g/mol. The summed E-state index contributed by atoms with van der Waals surface area (Å²) in [5, 5.41) is 9.90. The number of fused-ring (bicyclic) bond motifs is 5. The molecule has 0 radical (unpaired) electrons. The van der Waals surface area contributed by atoms with Crippen LogP contribution in [0.25, 0.3) is 0 Å². The van der Waals surface area contributed by atoms with E-state index in [4.69, 9.17) is 0 Å². The van der Waals surface area contributed by atoms with Crippen LogP contribution in [0.1, 0.15) is 92.4 Å². The van der Waals surface area contributed by atoms with Gasteiger partial charge in [0.05, 0.1) is 0 Å². The molecular formula is C27H46O. The van der Waals surface area contributed by atoms with Crippen LogP contribution in [0.15, 0.2) is 12.2 Å².